The van der Waals surface area contributed by atoms with E-state index in [1.54, 1.807) is 16.9 Å². The lowest BCUT2D eigenvalue weighted by Gasteiger charge is -2.22. The molecule has 5 nitrogen and oxygen atoms in total. The van der Waals surface area contributed by atoms with Crippen LogP contribution in [0, 0.1) is 11.6 Å². The molecule has 0 unspecified atom stereocenters. The van der Waals surface area contributed by atoms with Gasteiger partial charge in [0, 0.05) is 44.2 Å². The van der Waals surface area contributed by atoms with Crippen molar-refractivity contribution >= 4 is 11.8 Å². The van der Waals surface area contributed by atoms with Crippen LogP contribution in [0.5, 0.6) is 5.75 Å². The molecule has 2 amide bonds. The number of halogens is 2. The molecule has 1 aliphatic rings. The van der Waals surface area contributed by atoms with E-state index in [4.69, 9.17) is 4.74 Å². The third-order valence-electron chi connectivity index (χ3n) is 5.03. The number of carbonyl (C=O) groups is 2. The van der Waals surface area contributed by atoms with Crippen LogP contribution in [0.3, 0.4) is 0 Å². The maximum Gasteiger partial charge on any atom is 0.254 e. The van der Waals surface area contributed by atoms with Crippen LogP contribution in [0.4, 0.5) is 8.78 Å². The Morgan fingerprint density at radius 1 is 0.931 bits per heavy atom. The summed E-state index contributed by atoms with van der Waals surface area (Å²) < 4.78 is 31.9. The fourth-order valence-electron chi connectivity index (χ4n) is 3.43. The molecule has 154 valence electrons. The number of rotatable bonds is 5. The molecule has 1 saturated heterocycles. The molecule has 2 aromatic rings. The molecular formula is C22H24F2N2O3. The minimum absolute atomic E-state index is 0.0122. The van der Waals surface area contributed by atoms with Gasteiger partial charge >= 0.3 is 0 Å². The number of benzene rings is 2. The molecule has 3 rings (SSSR count). The molecule has 0 atom stereocenters. The largest absolute Gasteiger partial charge is 0.497 e. The van der Waals surface area contributed by atoms with Crippen molar-refractivity contribution in [2.75, 3.05) is 33.3 Å². The van der Waals surface area contributed by atoms with Gasteiger partial charge in [0.25, 0.3) is 5.91 Å². The van der Waals surface area contributed by atoms with Crippen LogP contribution in [-0.4, -0.2) is 54.9 Å². The predicted octanol–water partition coefficient (Wildman–Crippen LogP) is 3.28. The number of aryl methyl sites for hydroxylation is 1. The fraction of sp³-hybridized carbons (Fsp3) is 0.364. The van der Waals surface area contributed by atoms with Crippen molar-refractivity contribution in [1.82, 2.24) is 9.80 Å². The highest BCUT2D eigenvalue weighted by atomic mass is 19.1. The molecule has 0 N–H and O–H groups in total. The molecule has 0 radical (unpaired) electrons. The van der Waals surface area contributed by atoms with E-state index >= 15 is 0 Å². The molecule has 0 aliphatic carbocycles. The molecule has 1 aliphatic heterocycles. The van der Waals surface area contributed by atoms with E-state index in [1.807, 2.05) is 24.3 Å². The van der Waals surface area contributed by atoms with Gasteiger partial charge in [-0.1, -0.05) is 12.1 Å². The summed E-state index contributed by atoms with van der Waals surface area (Å²) in [5.41, 5.74) is 1.04. The summed E-state index contributed by atoms with van der Waals surface area (Å²) >= 11 is 0. The van der Waals surface area contributed by atoms with Crippen LogP contribution >= 0.6 is 0 Å². The number of carbonyl (C=O) groups excluding carboxylic acids is 2. The number of hydrogen-bond donors (Lipinski definition) is 0. The van der Waals surface area contributed by atoms with E-state index in [9.17, 15) is 18.4 Å². The molecule has 0 bridgehead atoms. The molecule has 2 aromatic carbocycles. The van der Waals surface area contributed by atoms with Crippen molar-refractivity contribution < 1.29 is 23.1 Å². The molecule has 1 heterocycles. The van der Waals surface area contributed by atoms with Gasteiger partial charge in [0.2, 0.25) is 5.91 Å². The third-order valence-corrected chi connectivity index (χ3v) is 5.03. The summed E-state index contributed by atoms with van der Waals surface area (Å²) in [6.45, 7) is 1.75. The molecule has 0 spiro atoms. The smallest absolute Gasteiger partial charge is 0.254 e. The number of methoxy groups -OCH3 is 1. The Morgan fingerprint density at radius 3 is 2.21 bits per heavy atom. The Labute approximate surface area is 168 Å². The van der Waals surface area contributed by atoms with Gasteiger partial charge in [-0.25, -0.2) is 8.78 Å². The lowest BCUT2D eigenvalue weighted by Crippen LogP contribution is -2.37. The van der Waals surface area contributed by atoms with Crippen LogP contribution in [0.15, 0.2) is 42.5 Å². The second kappa shape index (κ2) is 9.49. The van der Waals surface area contributed by atoms with Crippen LogP contribution in [0.1, 0.15) is 28.8 Å². The zero-order chi connectivity index (χ0) is 20.8. The minimum Gasteiger partial charge on any atom is -0.497 e. The summed E-state index contributed by atoms with van der Waals surface area (Å²) in [7, 11) is 1.61. The second-order valence-corrected chi connectivity index (χ2v) is 7.03. The maximum absolute atomic E-state index is 13.4. The predicted molar refractivity (Wildman–Crippen MR) is 105 cm³/mol. The average molecular weight is 402 g/mol. The maximum atomic E-state index is 13.4. The molecule has 0 saturated carbocycles. The first-order chi connectivity index (χ1) is 14.0. The van der Waals surface area contributed by atoms with Crippen molar-refractivity contribution in [3.63, 3.8) is 0 Å². The standard InChI is InChI=1S/C22H24F2N2O3/c1-29-20-6-3-16(4-7-20)5-8-21(27)25-9-2-10-26(12-11-25)22(28)17-13-18(23)15-19(24)14-17/h3-4,6-7,13-15H,2,5,8-12H2,1H3. The van der Waals surface area contributed by atoms with E-state index in [-0.39, 0.29) is 11.5 Å². The van der Waals surface area contributed by atoms with Crippen molar-refractivity contribution in [2.45, 2.75) is 19.3 Å². The van der Waals surface area contributed by atoms with Gasteiger partial charge in [-0.3, -0.25) is 9.59 Å². The average Bonchev–Trinajstić information content (AvgIpc) is 2.97. The summed E-state index contributed by atoms with van der Waals surface area (Å²) in [5, 5.41) is 0. The van der Waals surface area contributed by atoms with Gasteiger partial charge in [-0.15, -0.1) is 0 Å². The summed E-state index contributed by atoms with van der Waals surface area (Å²) in [5.74, 6) is -1.17. The van der Waals surface area contributed by atoms with E-state index in [0.29, 0.717) is 45.4 Å². The van der Waals surface area contributed by atoms with Gasteiger partial charge in [0.1, 0.15) is 17.4 Å². The van der Waals surface area contributed by atoms with Crippen molar-refractivity contribution in [1.29, 1.82) is 0 Å². The Kier molecular flexibility index (Phi) is 6.80. The van der Waals surface area contributed by atoms with Gasteiger partial charge in [0.05, 0.1) is 7.11 Å². The van der Waals surface area contributed by atoms with Crippen molar-refractivity contribution in [2.24, 2.45) is 0 Å². The second-order valence-electron chi connectivity index (χ2n) is 7.03. The lowest BCUT2D eigenvalue weighted by molar-refractivity contribution is -0.131. The van der Waals surface area contributed by atoms with Crippen LogP contribution in [-0.2, 0) is 11.2 Å². The van der Waals surface area contributed by atoms with E-state index in [1.165, 1.54) is 0 Å². The Morgan fingerprint density at radius 2 is 1.55 bits per heavy atom. The van der Waals surface area contributed by atoms with Crippen molar-refractivity contribution in [3.8, 4) is 5.75 Å². The number of ether oxygens (including phenoxy) is 1. The number of nitrogens with zero attached hydrogens (tertiary/aromatic N) is 2. The Balaban J connectivity index is 1.54. The SMILES string of the molecule is COc1ccc(CCC(=O)N2CCCN(C(=O)c3cc(F)cc(F)c3)CC2)cc1. The van der Waals surface area contributed by atoms with Crippen LogP contribution in [0.2, 0.25) is 0 Å². The molecule has 7 heteroatoms. The number of amides is 2. The fourth-order valence-corrected chi connectivity index (χ4v) is 3.43. The summed E-state index contributed by atoms with van der Waals surface area (Å²) in [6, 6.07) is 10.4. The zero-order valence-electron chi connectivity index (χ0n) is 16.4. The highest BCUT2D eigenvalue weighted by molar-refractivity contribution is 5.94. The lowest BCUT2D eigenvalue weighted by atomic mass is 10.1. The summed E-state index contributed by atoms with van der Waals surface area (Å²) in [4.78, 5) is 28.5. The van der Waals surface area contributed by atoms with E-state index < -0.39 is 17.5 Å². The summed E-state index contributed by atoms with van der Waals surface area (Å²) in [6.07, 6.45) is 1.64. The number of hydrogen-bond acceptors (Lipinski definition) is 3. The highest BCUT2D eigenvalue weighted by Gasteiger charge is 2.23. The first-order valence-corrected chi connectivity index (χ1v) is 9.62. The molecule has 1 fully saturated rings. The van der Waals surface area contributed by atoms with Gasteiger partial charge in [-0.2, -0.15) is 0 Å². The van der Waals surface area contributed by atoms with Crippen molar-refractivity contribution in [3.05, 3.63) is 65.2 Å². The molecule has 29 heavy (non-hydrogen) atoms. The Hall–Kier alpha value is -2.96. The van der Waals surface area contributed by atoms with Gasteiger partial charge in [0.15, 0.2) is 0 Å². The van der Waals surface area contributed by atoms with E-state index in [0.717, 1.165) is 29.5 Å². The quantitative estimate of drug-likeness (QED) is 0.771. The van der Waals surface area contributed by atoms with Gasteiger partial charge < -0.3 is 14.5 Å². The normalized spacial score (nSPS) is 14.4. The highest BCUT2D eigenvalue weighted by Crippen LogP contribution is 2.15. The Bertz CT molecular complexity index is 851. The topological polar surface area (TPSA) is 49.9 Å². The first-order valence-electron chi connectivity index (χ1n) is 9.62. The monoisotopic (exact) mass is 402 g/mol. The zero-order valence-corrected chi connectivity index (χ0v) is 16.4. The minimum atomic E-state index is -0.779. The van der Waals surface area contributed by atoms with E-state index in [2.05, 4.69) is 0 Å². The van der Waals surface area contributed by atoms with Crippen LogP contribution < -0.4 is 4.74 Å². The van der Waals surface area contributed by atoms with Crippen LogP contribution in [0.25, 0.3) is 0 Å². The molecule has 0 aromatic heterocycles. The van der Waals surface area contributed by atoms with Gasteiger partial charge in [-0.05, 0) is 42.7 Å². The third kappa shape index (κ3) is 5.53. The first kappa shape index (κ1) is 20.8. The molecular weight excluding hydrogens is 378 g/mol.